The lowest BCUT2D eigenvalue weighted by Crippen LogP contribution is -2.26. The number of fused-ring (bicyclic) bond motifs is 1. The Kier molecular flexibility index (Phi) is 3.31. The molecule has 3 nitrogen and oxygen atoms in total. The summed E-state index contributed by atoms with van der Waals surface area (Å²) in [6.07, 6.45) is 3.48. The molecule has 102 valence electrons. The van der Waals surface area contributed by atoms with Gasteiger partial charge in [0.05, 0.1) is 11.0 Å². The average molecular weight is 257 g/mol. The fraction of sp³-hybridized carbons (Fsp3) is 0.562. The molecular formula is C16H23N3. The van der Waals surface area contributed by atoms with Crippen molar-refractivity contribution in [2.45, 2.75) is 45.7 Å². The van der Waals surface area contributed by atoms with Crippen molar-refractivity contribution in [1.29, 1.82) is 0 Å². The number of para-hydroxylation sites is 2. The number of aryl methyl sites for hydroxylation is 1. The minimum absolute atomic E-state index is 0.379. The molecular weight excluding hydrogens is 234 g/mol. The second-order valence-electron chi connectivity index (χ2n) is 5.83. The highest BCUT2D eigenvalue weighted by molar-refractivity contribution is 5.75. The molecule has 0 aliphatic heterocycles. The van der Waals surface area contributed by atoms with Gasteiger partial charge in [-0.1, -0.05) is 19.1 Å². The third kappa shape index (κ3) is 2.16. The minimum atomic E-state index is 0.379. The first-order valence-electron chi connectivity index (χ1n) is 7.40. The predicted octanol–water partition coefficient (Wildman–Crippen LogP) is 2.97. The highest BCUT2D eigenvalue weighted by Crippen LogP contribution is 2.33. The molecule has 2 aromatic rings. The maximum absolute atomic E-state index is 6.14. The van der Waals surface area contributed by atoms with Crippen molar-refractivity contribution in [2.24, 2.45) is 17.6 Å². The standard InChI is InChI=1S/C16H23N3/c1-3-19-15-7-5-4-6-14(15)18-16(19)10-12-8-9-13(17)11(12)2/h4-7,11-13H,3,8-10,17H2,1-2H3. The Labute approximate surface area is 114 Å². The molecule has 1 aromatic carbocycles. The van der Waals surface area contributed by atoms with E-state index in [1.165, 1.54) is 17.8 Å². The number of hydrogen-bond donors (Lipinski definition) is 1. The summed E-state index contributed by atoms with van der Waals surface area (Å²) in [5.74, 6) is 2.54. The van der Waals surface area contributed by atoms with E-state index in [9.17, 15) is 0 Å². The molecule has 0 saturated heterocycles. The molecule has 1 heterocycles. The summed E-state index contributed by atoms with van der Waals surface area (Å²) in [5, 5.41) is 0. The molecule has 0 spiro atoms. The number of imidazole rings is 1. The Morgan fingerprint density at radius 2 is 2.11 bits per heavy atom. The van der Waals surface area contributed by atoms with Crippen LogP contribution in [0.3, 0.4) is 0 Å². The van der Waals surface area contributed by atoms with E-state index in [2.05, 4.69) is 42.7 Å². The number of nitrogens with zero attached hydrogens (tertiary/aromatic N) is 2. The zero-order chi connectivity index (χ0) is 13.4. The molecule has 2 N–H and O–H groups in total. The topological polar surface area (TPSA) is 43.8 Å². The number of benzene rings is 1. The summed E-state index contributed by atoms with van der Waals surface area (Å²) in [5.41, 5.74) is 8.52. The molecule has 1 aromatic heterocycles. The van der Waals surface area contributed by atoms with E-state index in [0.717, 1.165) is 24.9 Å². The van der Waals surface area contributed by atoms with Gasteiger partial charge >= 0.3 is 0 Å². The molecule has 1 aliphatic rings. The monoisotopic (exact) mass is 257 g/mol. The fourth-order valence-electron chi connectivity index (χ4n) is 3.44. The van der Waals surface area contributed by atoms with Crippen LogP contribution in [0.5, 0.6) is 0 Å². The first-order valence-corrected chi connectivity index (χ1v) is 7.40. The van der Waals surface area contributed by atoms with Crippen molar-refractivity contribution in [3.63, 3.8) is 0 Å². The quantitative estimate of drug-likeness (QED) is 0.918. The van der Waals surface area contributed by atoms with Crippen LogP contribution in [0.25, 0.3) is 11.0 Å². The highest BCUT2D eigenvalue weighted by Gasteiger charge is 2.31. The van der Waals surface area contributed by atoms with E-state index < -0.39 is 0 Å². The molecule has 3 atom stereocenters. The van der Waals surface area contributed by atoms with Crippen molar-refractivity contribution in [3.8, 4) is 0 Å². The van der Waals surface area contributed by atoms with Crippen molar-refractivity contribution in [2.75, 3.05) is 0 Å². The van der Waals surface area contributed by atoms with Gasteiger partial charge in [-0.25, -0.2) is 4.98 Å². The van der Waals surface area contributed by atoms with Crippen LogP contribution in [0, 0.1) is 11.8 Å². The Morgan fingerprint density at radius 1 is 1.32 bits per heavy atom. The largest absolute Gasteiger partial charge is 0.328 e. The lowest BCUT2D eigenvalue weighted by atomic mass is 9.93. The van der Waals surface area contributed by atoms with Crippen molar-refractivity contribution in [1.82, 2.24) is 9.55 Å². The normalized spacial score (nSPS) is 27.2. The van der Waals surface area contributed by atoms with Gasteiger partial charge in [0.25, 0.3) is 0 Å². The lowest BCUT2D eigenvalue weighted by molar-refractivity contribution is 0.380. The Hall–Kier alpha value is -1.35. The van der Waals surface area contributed by atoms with E-state index in [1.54, 1.807) is 0 Å². The molecule has 19 heavy (non-hydrogen) atoms. The van der Waals surface area contributed by atoms with Crippen LogP contribution >= 0.6 is 0 Å². The molecule has 1 aliphatic carbocycles. The van der Waals surface area contributed by atoms with Crippen LogP contribution in [0.2, 0.25) is 0 Å². The molecule has 1 saturated carbocycles. The molecule has 0 amide bonds. The van der Waals surface area contributed by atoms with E-state index in [1.807, 2.05) is 0 Å². The molecule has 3 rings (SSSR count). The van der Waals surface area contributed by atoms with Crippen LogP contribution in [-0.4, -0.2) is 15.6 Å². The smallest absolute Gasteiger partial charge is 0.110 e. The first-order chi connectivity index (χ1) is 9.20. The van der Waals surface area contributed by atoms with Gasteiger partial charge in [0.2, 0.25) is 0 Å². The maximum atomic E-state index is 6.14. The second-order valence-corrected chi connectivity index (χ2v) is 5.83. The molecule has 0 radical (unpaired) electrons. The molecule has 3 unspecified atom stereocenters. The van der Waals surface area contributed by atoms with Gasteiger partial charge in [-0.05, 0) is 43.7 Å². The summed E-state index contributed by atoms with van der Waals surface area (Å²) in [6, 6.07) is 8.80. The van der Waals surface area contributed by atoms with E-state index in [-0.39, 0.29) is 0 Å². The van der Waals surface area contributed by atoms with Gasteiger partial charge in [-0.2, -0.15) is 0 Å². The number of nitrogens with two attached hydrogens (primary N) is 1. The van der Waals surface area contributed by atoms with Crippen LogP contribution in [-0.2, 0) is 13.0 Å². The maximum Gasteiger partial charge on any atom is 0.110 e. The van der Waals surface area contributed by atoms with Crippen molar-refractivity contribution >= 4 is 11.0 Å². The van der Waals surface area contributed by atoms with E-state index >= 15 is 0 Å². The molecule has 1 fully saturated rings. The Bertz CT molecular complexity index is 572. The van der Waals surface area contributed by atoms with Gasteiger partial charge < -0.3 is 10.3 Å². The summed E-state index contributed by atoms with van der Waals surface area (Å²) >= 11 is 0. The summed E-state index contributed by atoms with van der Waals surface area (Å²) in [4.78, 5) is 4.83. The number of hydrogen-bond acceptors (Lipinski definition) is 2. The van der Waals surface area contributed by atoms with Crippen molar-refractivity contribution in [3.05, 3.63) is 30.1 Å². The summed E-state index contributed by atoms with van der Waals surface area (Å²) in [6.45, 7) is 5.48. The summed E-state index contributed by atoms with van der Waals surface area (Å²) < 4.78 is 2.35. The lowest BCUT2D eigenvalue weighted by Gasteiger charge is -2.18. The molecule has 3 heteroatoms. The van der Waals surface area contributed by atoms with Crippen LogP contribution in [0.15, 0.2) is 24.3 Å². The Balaban J connectivity index is 1.92. The van der Waals surface area contributed by atoms with Crippen LogP contribution < -0.4 is 5.73 Å². The van der Waals surface area contributed by atoms with Crippen LogP contribution in [0.1, 0.15) is 32.5 Å². The van der Waals surface area contributed by atoms with E-state index in [4.69, 9.17) is 10.7 Å². The zero-order valence-corrected chi connectivity index (χ0v) is 11.8. The molecule has 0 bridgehead atoms. The zero-order valence-electron chi connectivity index (χ0n) is 11.8. The second kappa shape index (κ2) is 4.97. The highest BCUT2D eigenvalue weighted by atomic mass is 15.1. The number of aromatic nitrogens is 2. The van der Waals surface area contributed by atoms with E-state index in [0.29, 0.717) is 17.9 Å². The minimum Gasteiger partial charge on any atom is -0.328 e. The predicted molar refractivity (Wildman–Crippen MR) is 79.0 cm³/mol. The number of rotatable bonds is 3. The third-order valence-electron chi connectivity index (χ3n) is 4.78. The van der Waals surface area contributed by atoms with Gasteiger partial charge in [-0.15, -0.1) is 0 Å². The first kappa shape index (κ1) is 12.7. The fourth-order valence-corrected chi connectivity index (χ4v) is 3.44. The van der Waals surface area contributed by atoms with Gasteiger partial charge in [0.15, 0.2) is 0 Å². The van der Waals surface area contributed by atoms with Crippen molar-refractivity contribution < 1.29 is 0 Å². The van der Waals surface area contributed by atoms with Crippen LogP contribution in [0.4, 0.5) is 0 Å². The van der Waals surface area contributed by atoms with Gasteiger partial charge in [-0.3, -0.25) is 0 Å². The SMILES string of the molecule is CCn1c(CC2CCC(N)C2C)nc2ccccc21. The average Bonchev–Trinajstić information content (AvgIpc) is 2.93. The van der Waals surface area contributed by atoms with Gasteiger partial charge in [0.1, 0.15) is 5.82 Å². The Morgan fingerprint density at radius 3 is 2.79 bits per heavy atom. The third-order valence-corrected chi connectivity index (χ3v) is 4.78. The summed E-state index contributed by atoms with van der Waals surface area (Å²) in [7, 11) is 0. The van der Waals surface area contributed by atoms with Gasteiger partial charge in [0, 0.05) is 19.0 Å².